The molecular weight excluding hydrogens is 278 g/mol. The van der Waals surface area contributed by atoms with Crippen LogP contribution in [-0.4, -0.2) is 27.4 Å². The lowest BCUT2D eigenvalue weighted by Gasteiger charge is -2.30. The molecule has 5 nitrogen and oxygen atoms in total. The summed E-state index contributed by atoms with van der Waals surface area (Å²) in [7, 11) is 0. The van der Waals surface area contributed by atoms with E-state index in [2.05, 4.69) is 28.2 Å². The Morgan fingerprint density at radius 1 is 1.36 bits per heavy atom. The lowest BCUT2D eigenvalue weighted by molar-refractivity contribution is 0.0681. The maximum atomic E-state index is 11.4. The Kier molecular flexibility index (Phi) is 3.88. The molecule has 1 aliphatic rings. The molecule has 116 valence electrons. The van der Waals surface area contributed by atoms with Crippen molar-refractivity contribution < 1.29 is 9.90 Å². The highest BCUT2D eigenvalue weighted by atomic mass is 16.4. The van der Waals surface area contributed by atoms with Crippen LogP contribution >= 0.6 is 0 Å². The van der Waals surface area contributed by atoms with Gasteiger partial charge in [-0.2, -0.15) is 5.10 Å². The lowest BCUT2D eigenvalue weighted by Crippen LogP contribution is -2.29. The predicted octanol–water partition coefficient (Wildman–Crippen LogP) is 3.12. The Bertz CT molecular complexity index is 691. The summed E-state index contributed by atoms with van der Waals surface area (Å²) in [4.78, 5) is 13.6. The van der Waals surface area contributed by atoms with Crippen LogP contribution < -0.4 is 4.90 Å². The molecule has 1 aromatic heterocycles. The number of hydrogen-bond donors (Lipinski definition) is 1. The van der Waals surface area contributed by atoms with Crippen LogP contribution in [0.5, 0.6) is 0 Å². The molecule has 0 amide bonds. The van der Waals surface area contributed by atoms with E-state index in [1.54, 1.807) is 10.7 Å². The van der Waals surface area contributed by atoms with Gasteiger partial charge >= 0.3 is 5.97 Å². The molecule has 0 fully saturated rings. The highest BCUT2D eigenvalue weighted by molar-refractivity contribution is 5.85. The summed E-state index contributed by atoms with van der Waals surface area (Å²) < 4.78 is 1.59. The number of aromatic carboxylic acids is 1. The van der Waals surface area contributed by atoms with E-state index < -0.39 is 5.97 Å². The summed E-state index contributed by atoms with van der Waals surface area (Å²) in [6, 6.07) is 10.1. The number of hydrogen-bond acceptors (Lipinski definition) is 3. The maximum Gasteiger partial charge on any atom is 0.354 e. The first-order valence-electron chi connectivity index (χ1n) is 7.71. The summed E-state index contributed by atoms with van der Waals surface area (Å²) in [6.07, 6.45) is 2.22. The van der Waals surface area contributed by atoms with Crippen molar-refractivity contribution in [3.63, 3.8) is 0 Å². The molecule has 0 unspecified atom stereocenters. The number of benzene rings is 1. The van der Waals surface area contributed by atoms with Crippen LogP contribution in [0.4, 0.5) is 5.69 Å². The molecule has 2 heterocycles. The van der Waals surface area contributed by atoms with Crippen molar-refractivity contribution in [1.29, 1.82) is 0 Å². The first-order chi connectivity index (χ1) is 10.6. The second-order valence-electron chi connectivity index (χ2n) is 6.02. The molecule has 0 atom stereocenters. The standard InChI is InChI=1S/C17H21N3O2/c1-12(2)20-16(17(21)22)10-14(18-20)11-19-9-5-7-13-6-3-4-8-15(13)19/h3-4,6,8,10,12H,5,7,9,11H2,1-2H3,(H,21,22). The van der Waals surface area contributed by atoms with Crippen LogP contribution in [0.3, 0.4) is 0 Å². The zero-order chi connectivity index (χ0) is 15.7. The van der Waals surface area contributed by atoms with Gasteiger partial charge in [-0.15, -0.1) is 0 Å². The minimum absolute atomic E-state index is 0.0356. The zero-order valence-electron chi connectivity index (χ0n) is 13.0. The predicted molar refractivity (Wildman–Crippen MR) is 85.4 cm³/mol. The smallest absolute Gasteiger partial charge is 0.354 e. The number of carboxylic acid groups (broad SMARTS) is 1. The SMILES string of the molecule is CC(C)n1nc(CN2CCCc3ccccc32)cc1C(=O)O. The van der Waals surface area contributed by atoms with E-state index in [0.717, 1.165) is 25.1 Å². The van der Waals surface area contributed by atoms with Gasteiger partial charge in [0, 0.05) is 18.3 Å². The van der Waals surface area contributed by atoms with Crippen LogP contribution in [-0.2, 0) is 13.0 Å². The molecule has 2 aromatic rings. The molecule has 0 bridgehead atoms. The van der Waals surface area contributed by atoms with Gasteiger partial charge < -0.3 is 10.0 Å². The van der Waals surface area contributed by atoms with Crippen molar-refractivity contribution in [2.75, 3.05) is 11.4 Å². The van der Waals surface area contributed by atoms with Gasteiger partial charge in [0.15, 0.2) is 0 Å². The largest absolute Gasteiger partial charge is 0.477 e. The van der Waals surface area contributed by atoms with Crippen LogP contribution in [0.15, 0.2) is 30.3 Å². The number of aromatic nitrogens is 2. The molecule has 0 saturated carbocycles. The quantitative estimate of drug-likeness (QED) is 0.942. The van der Waals surface area contributed by atoms with E-state index in [1.807, 2.05) is 19.9 Å². The number of carbonyl (C=O) groups is 1. The fraction of sp³-hybridized carbons (Fsp3) is 0.412. The second-order valence-corrected chi connectivity index (χ2v) is 6.02. The van der Waals surface area contributed by atoms with Crippen molar-refractivity contribution in [3.8, 4) is 0 Å². The van der Waals surface area contributed by atoms with Gasteiger partial charge in [0.2, 0.25) is 0 Å². The monoisotopic (exact) mass is 299 g/mol. The van der Waals surface area contributed by atoms with Gasteiger partial charge in [-0.3, -0.25) is 4.68 Å². The Morgan fingerprint density at radius 2 is 2.14 bits per heavy atom. The number of anilines is 1. The van der Waals surface area contributed by atoms with E-state index >= 15 is 0 Å². The van der Waals surface area contributed by atoms with Gasteiger partial charge in [0.25, 0.3) is 0 Å². The molecule has 5 heteroatoms. The Balaban J connectivity index is 1.88. The molecule has 0 spiro atoms. The van der Waals surface area contributed by atoms with Crippen LogP contribution in [0.1, 0.15) is 48.1 Å². The third kappa shape index (κ3) is 2.71. The first kappa shape index (κ1) is 14.6. The summed E-state index contributed by atoms with van der Waals surface area (Å²) in [5, 5.41) is 13.8. The van der Waals surface area contributed by atoms with Crippen LogP contribution in [0.2, 0.25) is 0 Å². The highest BCUT2D eigenvalue weighted by Crippen LogP contribution is 2.28. The Morgan fingerprint density at radius 3 is 2.82 bits per heavy atom. The second kappa shape index (κ2) is 5.83. The van der Waals surface area contributed by atoms with Gasteiger partial charge in [-0.05, 0) is 44.4 Å². The number of nitrogens with zero attached hydrogens (tertiary/aromatic N) is 3. The number of rotatable bonds is 4. The van der Waals surface area contributed by atoms with Gasteiger partial charge in [-0.25, -0.2) is 4.79 Å². The lowest BCUT2D eigenvalue weighted by atomic mass is 10.0. The third-order valence-electron chi connectivity index (χ3n) is 4.05. The molecule has 3 rings (SSSR count). The number of carboxylic acids is 1. The van der Waals surface area contributed by atoms with Crippen LogP contribution in [0, 0.1) is 0 Å². The minimum Gasteiger partial charge on any atom is -0.477 e. The normalized spacial score (nSPS) is 14.2. The highest BCUT2D eigenvalue weighted by Gasteiger charge is 2.20. The van der Waals surface area contributed by atoms with Gasteiger partial charge in [-0.1, -0.05) is 18.2 Å². The number of para-hydroxylation sites is 1. The third-order valence-corrected chi connectivity index (χ3v) is 4.05. The number of aryl methyl sites for hydroxylation is 1. The zero-order valence-corrected chi connectivity index (χ0v) is 13.0. The summed E-state index contributed by atoms with van der Waals surface area (Å²) in [5.74, 6) is -0.925. The summed E-state index contributed by atoms with van der Waals surface area (Å²) >= 11 is 0. The van der Waals surface area contributed by atoms with E-state index in [0.29, 0.717) is 6.54 Å². The molecule has 0 saturated heterocycles. The Labute approximate surface area is 130 Å². The van der Waals surface area contributed by atoms with Crippen molar-refractivity contribution in [1.82, 2.24) is 9.78 Å². The fourth-order valence-electron chi connectivity index (χ4n) is 3.05. The fourth-order valence-corrected chi connectivity index (χ4v) is 3.05. The van der Waals surface area contributed by atoms with E-state index in [4.69, 9.17) is 0 Å². The number of fused-ring (bicyclic) bond motifs is 1. The topological polar surface area (TPSA) is 58.4 Å². The van der Waals surface area contributed by atoms with Gasteiger partial charge in [0.05, 0.1) is 12.2 Å². The van der Waals surface area contributed by atoms with Crippen molar-refractivity contribution >= 4 is 11.7 Å². The molecule has 22 heavy (non-hydrogen) atoms. The molecule has 0 radical (unpaired) electrons. The van der Waals surface area contributed by atoms with Crippen LogP contribution in [0.25, 0.3) is 0 Å². The maximum absolute atomic E-state index is 11.4. The average molecular weight is 299 g/mol. The average Bonchev–Trinajstić information content (AvgIpc) is 2.92. The minimum atomic E-state index is -0.925. The van der Waals surface area contributed by atoms with E-state index in [9.17, 15) is 9.90 Å². The Hall–Kier alpha value is -2.30. The first-order valence-corrected chi connectivity index (χ1v) is 7.71. The molecule has 0 aliphatic carbocycles. The summed E-state index contributed by atoms with van der Waals surface area (Å²) in [5.41, 5.74) is 3.67. The van der Waals surface area contributed by atoms with Crippen molar-refractivity contribution in [2.45, 2.75) is 39.3 Å². The summed E-state index contributed by atoms with van der Waals surface area (Å²) in [6.45, 7) is 5.52. The molecule has 1 aromatic carbocycles. The molecule has 1 N–H and O–H groups in total. The van der Waals surface area contributed by atoms with Crippen molar-refractivity contribution in [2.24, 2.45) is 0 Å². The van der Waals surface area contributed by atoms with E-state index in [-0.39, 0.29) is 11.7 Å². The molecule has 1 aliphatic heterocycles. The van der Waals surface area contributed by atoms with Crippen molar-refractivity contribution in [3.05, 3.63) is 47.3 Å². The van der Waals surface area contributed by atoms with E-state index in [1.165, 1.54) is 11.3 Å². The molecular formula is C17H21N3O2. The van der Waals surface area contributed by atoms with Gasteiger partial charge in [0.1, 0.15) is 5.69 Å².